The number of aliphatic hydroxyl groups excluding tert-OH is 1. The van der Waals surface area contributed by atoms with Crippen molar-refractivity contribution in [2.45, 2.75) is 39.2 Å². The average molecular weight is 146 g/mol. The van der Waals surface area contributed by atoms with Gasteiger partial charge < -0.3 is 10.2 Å². The molecule has 2 nitrogen and oxygen atoms in total. The quantitative estimate of drug-likeness (QED) is 0.625. The van der Waals surface area contributed by atoms with Gasteiger partial charge in [0.15, 0.2) is 0 Å². The van der Waals surface area contributed by atoms with Crippen LogP contribution in [-0.4, -0.2) is 22.4 Å². The van der Waals surface area contributed by atoms with Gasteiger partial charge in [0.1, 0.15) is 0 Å². The molecule has 0 aliphatic rings. The van der Waals surface area contributed by atoms with E-state index in [4.69, 9.17) is 5.11 Å². The van der Waals surface area contributed by atoms with Gasteiger partial charge in [-0.3, -0.25) is 0 Å². The standard InChI is InChI=1S/C8H18O2/c1-4-8(3,10)5-7(2)6-9/h7,9-10H,4-6H2,1-3H3. The van der Waals surface area contributed by atoms with E-state index in [-0.39, 0.29) is 12.5 Å². The Balaban J connectivity index is 3.64. The van der Waals surface area contributed by atoms with Crippen molar-refractivity contribution < 1.29 is 10.2 Å². The summed E-state index contributed by atoms with van der Waals surface area (Å²) >= 11 is 0. The monoisotopic (exact) mass is 146 g/mol. The van der Waals surface area contributed by atoms with Crippen molar-refractivity contribution in [2.24, 2.45) is 5.92 Å². The van der Waals surface area contributed by atoms with Gasteiger partial charge in [0.05, 0.1) is 5.60 Å². The Labute approximate surface area is 62.9 Å². The molecule has 0 aliphatic heterocycles. The van der Waals surface area contributed by atoms with Gasteiger partial charge in [-0.1, -0.05) is 13.8 Å². The van der Waals surface area contributed by atoms with Crippen LogP contribution in [-0.2, 0) is 0 Å². The second-order valence-corrected chi connectivity index (χ2v) is 3.34. The lowest BCUT2D eigenvalue weighted by Crippen LogP contribution is -2.26. The van der Waals surface area contributed by atoms with Gasteiger partial charge >= 0.3 is 0 Å². The third-order valence-electron chi connectivity index (χ3n) is 1.86. The maximum Gasteiger partial charge on any atom is 0.0620 e. The first-order chi connectivity index (χ1) is 4.52. The third kappa shape index (κ3) is 3.85. The van der Waals surface area contributed by atoms with Crippen LogP contribution in [0.5, 0.6) is 0 Å². The molecule has 0 aliphatic carbocycles. The smallest absolute Gasteiger partial charge is 0.0620 e. The topological polar surface area (TPSA) is 40.5 Å². The van der Waals surface area contributed by atoms with Gasteiger partial charge in [-0.2, -0.15) is 0 Å². The fourth-order valence-corrected chi connectivity index (χ4v) is 0.960. The first kappa shape index (κ1) is 9.92. The van der Waals surface area contributed by atoms with Crippen molar-refractivity contribution in [1.82, 2.24) is 0 Å². The van der Waals surface area contributed by atoms with E-state index in [9.17, 15) is 5.11 Å². The fraction of sp³-hybridized carbons (Fsp3) is 1.00. The highest BCUT2D eigenvalue weighted by atomic mass is 16.3. The van der Waals surface area contributed by atoms with E-state index in [1.54, 1.807) is 6.92 Å². The lowest BCUT2D eigenvalue weighted by Gasteiger charge is -2.23. The second kappa shape index (κ2) is 3.94. The summed E-state index contributed by atoms with van der Waals surface area (Å²) in [4.78, 5) is 0. The molecule has 0 fully saturated rings. The van der Waals surface area contributed by atoms with Crippen molar-refractivity contribution in [3.63, 3.8) is 0 Å². The first-order valence-corrected chi connectivity index (χ1v) is 3.85. The maximum absolute atomic E-state index is 9.51. The van der Waals surface area contributed by atoms with E-state index >= 15 is 0 Å². The normalized spacial score (nSPS) is 20.1. The highest BCUT2D eigenvalue weighted by molar-refractivity contribution is 4.72. The Hall–Kier alpha value is -0.0800. The van der Waals surface area contributed by atoms with Gasteiger partial charge in [0, 0.05) is 6.61 Å². The summed E-state index contributed by atoms with van der Waals surface area (Å²) in [7, 11) is 0. The van der Waals surface area contributed by atoms with Crippen LogP contribution in [0.25, 0.3) is 0 Å². The number of aliphatic hydroxyl groups is 2. The predicted molar refractivity (Wildman–Crippen MR) is 41.8 cm³/mol. The molecule has 62 valence electrons. The molecule has 0 saturated heterocycles. The molecule has 0 rings (SSSR count). The van der Waals surface area contributed by atoms with Crippen LogP contribution in [0.15, 0.2) is 0 Å². The van der Waals surface area contributed by atoms with E-state index in [0.717, 1.165) is 6.42 Å². The Bertz CT molecular complexity index is 89.3. The molecule has 0 spiro atoms. The van der Waals surface area contributed by atoms with Crippen LogP contribution in [0.3, 0.4) is 0 Å². The van der Waals surface area contributed by atoms with Crippen molar-refractivity contribution in [3.8, 4) is 0 Å². The average Bonchev–Trinajstić information content (AvgIpc) is 1.87. The molecule has 0 aromatic rings. The summed E-state index contributed by atoms with van der Waals surface area (Å²) in [6.45, 7) is 5.85. The maximum atomic E-state index is 9.51. The minimum absolute atomic E-state index is 0.163. The molecular formula is C8H18O2. The predicted octanol–water partition coefficient (Wildman–Crippen LogP) is 1.17. The zero-order valence-electron chi connectivity index (χ0n) is 7.09. The molecular weight excluding hydrogens is 128 g/mol. The van der Waals surface area contributed by atoms with Crippen LogP contribution >= 0.6 is 0 Å². The van der Waals surface area contributed by atoms with Crippen molar-refractivity contribution in [3.05, 3.63) is 0 Å². The molecule has 0 bridgehead atoms. The molecule has 0 aromatic carbocycles. The minimum atomic E-state index is -0.595. The SMILES string of the molecule is CCC(C)(O)CC(C)CO. The molecule has 2 atom stereocenters. The van der Waals surface area contributed by atoms with Crippen molar-refractivity contribution in [2.75, 3.05) is 6.61 Å². The van der Waals surface area contributed by atoms with E-state index in [2.05, 4.69) is 0 Å². The number of hydrogen-bond donors (Lipinski definition) is 2. The van der Waals surface area contributed by atoms with Gasteiger partial charge in [0.25, 0.3) is 0 Å². The molecule has 0 radical (unpaired) electrons. The van der Waals surface area contributed by atoms with Crippen LogP contribution in [0, 0.1) is 5.92 Å². The van der Waals surface area contributed by atoms with Gasteiger partial charge in [-0.25, -0.2) is 0 Å². The van der Waals surface area contributed by atoms with Crippen LogP contribution in [0.2, 0.25) is 0 Å². The van der Waals surface area contributed by atoms with E-state index in [0.29, 0.717) is 6.42 Å². The van der Waals surface area contributed by atoms with E-state index in [1.807, 2.05) is 13.8 Å². The highest BCUT2D eigenvalue weighted by Crippen LogP contribution is 2.18. The summed E-state index contributed by atoms with van der Waals surface area (Å²) in [6.07, 6.45) is 1.43. The summed E-state index contributed by atoms with van der Waals surface area (Å²) in [5.74, 6) is 0.204. The summed E-state index contributed by atoms with van der Waals surface area (Å²) < 4.78 is 0. The first-order valence-electron chi connectivity index (χ1n) is 3.85. The van der Waals surface area contributed by atoms with Crippen LogP contribution in [0.1, 0.15) is 33.6 Å². The number of rotatable bonds is 4. The lowest BCUT2D eigenvalue weighted by molar-refractivity contribution is 0.0231. The largest absolute Gasteiger partial charge is 0.396 e. The van der Waals surface area contributed by atoms with Gasteiger partial charge in [-0.15, -0.1) is 0 Å². The summed E-state index contributed by atoms with van der Waals surface area (Å²) in [5, 5.41) is 18.2. The van der Waals surface area contributed by atoms with Crippen LogP contribution < -0.4 is 0 Å². The Morgan fingerprint density at radius 1 is 1.50 bits per heavy atom. The molecule has 2 N–H and O–H groups in total. The van der Waals surface area contributed by atoms with Gasteiger partial charge in [0.2, 0.25) is 0 Å². The van der Waals surface area contributed by atoms with Gasteiger partial charge in [-0.05, 0) is 25.7 Å². The summed E-state index contributed by atoms with van der Waals surface area (Å²) in [6, 6.07) is 0. The van der Waals surface area contributed by atoms with Crippen molar-refractivity contribution in [1.29, 1.82) is 0 Å². The third-order valence-corrected chi connectivity index (χ3v) is 1.86. The lowest BCUT2D eigenvalue weighted by atomic mass is 9.91. The number of hydrogen-bond acceptors (Lipinski definition) is 2. The summed E-state index contributed by atoms with van der Waals surface area (Å²) in [5.41, 5.74) is -0.595. The molecule has 2 unspecified atom stereocenters. The zero-order chi connectivity index (χ0) is 8.20. The fourth-order valence-electron chi connectivity index (χ4n) is 0.960. The zero-order valence-corrected chi connectivity index (χ0v) is 7.09. The minimum Gasteiger partial charge on any atom is -0.396 e. The molecule has 2 heteroatoms. The Kier molecular flexibility index (Phi) is 3.91. The second-order valence-electron chi connectivity index (χ2n) is 3.34. The molecule has 10 heavy (non-hydrogen) atoms. The van der Waals surface area contributed by atoms with E-state index < -0.39 is 5.60 Å². The molecule has 0 saturated carbocycles. The van der Waals surface area contributed by atoms with Crippen molar-refractivity contribution >= 4 is 0 Å². The highest BCUT2D eigenvalue weighted by Gasteiger charge is 2.20. The van der Waals surface area contributed by atoms with Crippen LogP contribution in [0.4, 0.5) is 0 Å². The molecule has 0 heterocycles. The Morgan fingerprint density at radius 3 is 2.30 bits per heavy atom. The molecule has 0 aromatic heterocycles. The Morgan fingerprint density at radius 2 is 2.00 bits per heavy atom. The van der Waals surface area contributed by atoms with E-state index in [1.165, 1.54) is 0 Å². The molecule has 0 amide bonds.